The van der Waals surface area contributed by atoms with E-state index in [1.165, 1.54) is 35.0 Å². The number of hydrogen-bond acceptors (Lipinski definition) is 6. The molecule has 5 aromatic carbocycles. The van der Waals surface area contributed by atoms with Crippen LogP contribution in [-0.4, -0.2) is 51.1 Å². The topological polar surface area (TPSA) is 118 Å². The summed E-state index contributed by atoms with van der Waals surface area (Å²) in [6.07, 6.45) is 0. The number of amides is 1. The maximum atomic E-state index is 13.7. The van der Waals surface area contributed by atoms with Crippen molar-refractivity contribution in [2.45, 2.75) is 18.4 Å². The van der Waals surface area contributed by atoms with Gasteiger partial charge in [0, 0.05) is 16.6 Å². The maximum Gasteiger partial charge on any atom is 0.339 e. The second kappa shape index (κ2) is 14.2. The first-order valence-electron chi connectivity index (χ1n) is 14.4. The van der Waals surface area contributed by atoms with Gasteiger partial charge in [-0.3, -0.25) is 4.79 Å². The molecule has 8 nitrogen and oxygen atoms in total. The van der Waals surface area contributed by atoms with Crippen molar-refractivity contribution in [3.8, 4) is 28.0 Å². The van der Waals surface area contributed by atoms with Gasteiger partial charge >= 0.3 is 11.9 Å². The summed E-state index contributed by atoms with van der Waals surface area (Å²) in [7, 11) is 1.83. The lowest BCUT2D eigenvalue weighted by Crippen LogP contribution is -2.36. The minimum Gasteiger partial charge on any atom is -0.507 e. The summed E-state index contributed by atoms with van der Waals surface area (Å²) in [6.45, 7) is 2.29. The third kappa shape index (κ3) is 7.82. The Bertz CT molecular complexity index is 1860. The van der Waals surface area contributed by atoms with Crippen molar-refractivity contribution in [2.24, 2.45) is 0 Å². The number of rotatable bonds is 11. The lowest BCUT2D eigenvalue weighted by Gasteiger charge is -2.26. The van der Waals surface area contributed by atoms with Gasteiger partial charge in [-0.15, -0.1) is 0 Å². The van der Waals surface area contributed by atoms with E-state index in [2.05, 4.69) is 0 Å². The Morgan fingerprint density at radius 1 is 0.674 bits per heavy atom. The molecule has 0 saturated carbocycles. The fourth-order valence-electron chi connectivity index (χ4n) is 4.92. The quantitative estimate of drug-likeness (QED) is 0.127. The van der Waals surface area contributed by atoms with Crippen LogP contribution in [0.5, 0.6) is 5.75 Å². The van der Waals surface area contributed by atoms with Gasteiger partial charge in [-0.1, -0.05) is 78.4 Å². The molecule has 0 spiro atoms. The van der Waals surface area contributed by atoms with Gasteiger partial charge in [0.1, 0.15) is 11.3 Å². The summed E-state index contributed by atoms with van der Waals surface area (Å²) in [5.74, 6) is -2.85. The number of carboxylic acid groups (broad SMARTS) is 2. The van der Waals surface area contributed by atoms with Gasteiger partial charge < -0.3 is 20.2 Å². The zero-order valence-electron chi connectivity index (χ0n) is 25.3. The molecule has 0 aliphatic carbocycles. The molecule has 46 heavy (non-hydrogen) atoms. The van der Waals surface area contributed by atoms with Crippen molar-refractivity contribution < 1.29 is 29.7 Å². The third-order valence-corrected chi connectivity index (χ3v) is 8.37. The Morgan fingerprint density at radius 3 is 1.70 bits per heavy atom. The Kier molecular flexibility index (Phi) is 9.85. The van der Waals surface area contributed by atoms with Crippen LogP contribution in [0.3, 0.4) is 0 Å². The highest BCUT2D eigenvalue weighted by Gasteiger charge is 2.21. The monoisotopic (exact) mass is 632 g/mol. The number of hydrogen-bond donors (Lipinski definition) is 3. The number of likely N-dealkylation sites (N-methyl/N-ethyl adjacent to an activating group) is 1. The highest BCUT2D eigenvalue weighted by molar-refractivity contribution is 7.97. The summed E-state index contributed by atoms with van der Waals surface area (Å²) in [6, 6.07) is 34.7. The first-order valence-corrected chi connectivity index (χ1v) is 15.2. The smallest absolute Gasteiger partial charge is 0.339 e. The van der Waals surface area contributed by atoms with Crippen LogP contribution in [0.2, 0.25) is 0 Å². The first kappa shape index (κ1) is 32.0. The fraction of sp³-hybridized carbons (Fsp3) is 0.108. The van der Waals surface area contributed by atoms with Crippen molar-refractivity contribution in [3.63, 3.8) is 0 Å². The molecule has 0 unspecified atom stereocenters. The third-order valence-electron chi connectivity index (χ3n) is 7.44. The average molecular weight is 633 g/mol. The summed E-state index contributed by atoms with van der Waals surface area (Å²) in [4.78, 5) is 38.8. The van der Waals surface area contributed by atoms with Crippen molar-refractivity contribution in [1.29, 1.82) is 0 Å². The molecule has 0 fully saturated rings. The molecule has 9 heteroatoms. The van der Waals surface area contributed by atoms with Crippen LogP contribution < -0.4 is 4.90 Å². The number of benzene rings is 5. The van der Waals surface area contributed by atoms with Gasteiger partial charge in [-0.2, -0.15) is 0 Å². The standard InChI is InChI=1S/C37H32N2O6S/c1-24-3-18-32(19-4-24)46-38(2)23-35(41)39(31-17-20-33(37(44)45)34(40)21-31)22-25-5-7-26(8-6-25)27-9-11-28(12-10-27)29-13-15-30(16-14-29)36(42)43/h3-21,40H,22-23H2,1-2H3,(H,42,43)(H,44,45). The minimum atomic E-state index is -1.25. The molecule has 1 amide bonds. The SMILES string of the molecule is Cc1ccc(SN(C)CC(=O)N(Cc2ccc(-c3ccc(-c4ccc(C(=O)O)cc4)cc3)cc2)c2ccc(C(=O)O)c(O)c2)cc1. The lowest BCUT2D eigenvalue weighted by atomic mass is 9.99. The molecule has 0 atom stereocenters. The number of aryl methyl sites for hydroxylation is 1. The molecular formula is C37H32N2O6S. The molecule has 0 heterocycles. The molecular weight excluding hydrogens is 600 g/mol. The van der Waals surface area contributed by atoms with Crippen LogP contribution in [0.15, 0.2) is 120 Å². The Morgan fingerprint density at radius 2 is 1.20 bits per heavy atom. The fourth-order valence-corrected chi connectivity index (χ4v) is 5.72. The van der Waals surface area contributed by atoms with E-state index in [-0.39, 0.29) is 30.1 Å². The summed E-state index contributed by atoms with van der Waals surface area (Å²) in [5.41, 5.74) is 6.24. The van der Waals surface area contributed by atoms with E-state index in [9.17, 15) is 24.6 Å². The largest absolute Gasteiger partial charge is 0.507 e. The molecule has 0 radical (unpaired) electrons. The van der Waals surface area contributed by atoms with Crippen LogP contribution in [-0.2, 0) is 11.3 Å². The predicted molar refractivity (Wildman–Crippen MR) is 180 cm³/mol. The van der Waals surface area contributed by atoms with E-state index >= 15 is 0 Å². The number of anilines is 1. The molecule has 0 aliphatic rings. The molecule has 0 aromatic heterocycles. The van der Waals surface area contributed by atoms with Crippen molar-refractivity contribution in [1.82, 2.24) is 4.31 Å². The van der Waals surface area contributed by atoms with Gasteiger partial charge in [-0.25, -0.2) is 13.9 Å². The van der Waals surface area contributed by atoms with E-state index in [4.69, 9.17) is 5.11 Å². The van der Waals surface area contributed by atoms with Crippen molar-refractivity contribution in [2.75, 3.05) is 18.5 Å². The summed E-state index contributed by atoms with van der Waals surface area (Å²) < 4.78 is 1.83. The average Bonchev–Trinajstić information content (AvgIpc) is 3.05. The van der Waals surface area contributed by atoms with E-state index in [1.807, 2.05) is 91.1 Å². The Labute approximate surface area is 271 Å². The van der Waals surface area contributed by atoms with Crippen LogP contribution >= 0.6 is 11.9 Å². The summed E-state index contributed by atoms with van der Waals surface area (Å²) in [5, 5.41) is 28.9. The van der Waals surface area contributed by atoms with Crippen LogP contribution in [0.1, 0.15) is 31.8 Å². The Hall–Kier alpha value is -5.38. The van der Waals surface area contributed by atoms with Crippen LogP contribution in [0.25, 0.3) is 22.3 Å². The highest BCUT2D eigenvalue weighted by atomic mass is 32.2. The van der Waals surface area contributed by atoms with E-state index in [1.54, 1.807) is 24.3 Å². The van der Waals surface area contributed by atoms with Gasteiger partial charge in [0.05, 0.1) is 18.7 Å². The lowest BCUT2D eigenvalue weighted by molar-refractivity contribution is -0.118. The second-order valence-corrected chi connectivity index (χ2v) is 12.1. The number of aromatic hydroxyl groups is 1. The predicted octanol–water partition coefficient (Wildman–Crippen LogP) is 7.60. The van der Waals surface area contributed by atoms with Gasteiger partial charge in [0.25, 0.3) is 0 Å². The molecule has 3 N–H and O–H groups in total. The number of nitrogens with zero attached hydrogens (tertiary/aromatic N) is 2. The highest BCUT2D eigenvalue weighted by Crippen LogP contribution is 2.29. The van der Waals surface area contributed by atoms with Gasteiger partial charge in [0.2, 0.25) is 5.91 Å². The van der Waals surface area contributed by atoms with E-state index < -0.39 is 17.7 Å². The minimum absolute atomic E-state index is 0.0729. The molecule has 232 valence electrons. The van der Waals surface area contributed by atoms with Gasteiger partial charge in [0.15, 0.2) is 0 Å². The molecule has 5 rings (SSSR count). The number of carboxylic acids is 2. The maximum absolute atomic E-state index is 13.7. The Balaban J connectivity index is 1.33. The molecule has 0 bridgehead atoms. The number of aromatic carboxylic acids is 2. The number of carbonyl (C=O) groups is 3. The van der Waals surface area contributed by atoms with E-state index in [0.29, 0.717) is 5.69 Å². The zero-order chi connectivity index (χ0) is 32.8. The molecule has 0 saturated heterocycles. The number of phenols is 1. The normalized spacial score (nSPS) is 10.9. The van der Waals surface area contributed by atoms with Crippen molar-refractivity contribution in [3.05, 3.63) is 138 Å². The second-order valence-electron chi connectivity index (χ2n) is 10.8. The van der Waals surface area contributed by atoms with Crippen molar-refractivity contribution >= 4 is 35.5 Å². The van der Waals surface area contributed by atoms with Gasteiger partial charge in [-0.05, 0) is 90.1 Å². The summed E-state index contributed by atoms with van der Waals surface area (Å²) >= 11 is 1.44. The first-order chi connectivity index (χ1) is 22.1. The molecule has 5 aromatic rings. The zero-order valence-corrected chi connectivity index (χ0v) is 26.1. The van der Waals surface area contributed by atoms with E-state index in [0.717, 1.165) is 38.3 Å². The number of carbonyl (C=O) groups excluding carboxylic acids is 1. The van der Waals surface area contributed by atoms with Crippen LogP contribution in [0.4, 0.5) is 5.69 Å². The molecule has 0 aliphatic heterocycles. The van der Waals surface area contributed by atoms with Crippen LogP contribution in [0, 0.1) is 6.92 Å².